The minimum Gasteiger partial charge on any atom is -0.489 e. The lowest BCUT2D eigenvalue weighted by Gasteiger charge is -2.13. The molecular formula is C24H19NO2. The van der Waals surface area contributed by atoms with Gasteiger partial charge >= 0.3 is 0 Å². The Balaban J connectivity index is 1.73. The maximum atomic E-state index is 11.2. The largest absolute Gasteiger partial charge is 0.489 e. The molecule has 0 aliphatic heterocycles. The number of ether oxygens (including phenoxy) is 1. The van der Waals surface area contributed by atoms with Crippen LogP contribution in [-0.2, 0) is 17.8 Å². The Bertz CT molecular complexity index is 1070. The molecule has 4 aromatic rings. The number of benzene rings is 3. The summed E-state index contributed by atoms with van der Waals surface area (Å²) >= 11 is 0. The Labute approximate surface area is 158 Å². The zero-order chi connectivity index (χ0) is 18.5. The summed E-state index contributed by atoms with van der Waals surface area (Å²) in [7, 11) is 0. The van der Waals surface area contributed by atoms with E-state index in [0.29, 0.717) is 13.0 Å². The van der Waals surface area contributed by atoms with Gasteiger partial charge in [0.05, 0.1) is 5.52 Å². The van der Waals surface area contributed by atoms with Crippen LogP contribution < -0.4 is 4.74 Å². The van der Waals surface area contributed by atoms with Crippen molar-refractivity contribution in [3.63, 3.8) is 0 Å². The van der Waals surface area contributed by atoms with Crippen molar-refractivity contribution in [3.8, 4) is 16.9 Å². The van der Waals surface area contributed by atoms with Crippen LogP contribution in [-0.4, -0.2) is 11.3 Å². The van der Waals surface area contributed by atoms with E-state index in [0.717, 1.165) is 45.2 Å². The lowest BCUT2D eigenvalue weighted by Crippen LogP contribution is -1.97. The Morgan fingerprint density at radius 1 is 0.889 bits per heavy atom. The van der Waals surface area contributed by atoms with Gasteiger partial charge in [0.2, 0.25) is 0 Å². The molecule has 0 bridgehead atoms. The van der Waals surface area contributed by atoms with Crippen LogP contribution >= 0.6 is 0 Å². The van der Waals surface area contributed by atoms with Crippen molar-refractivity contribution in [1.29, 1.82) is 0 Å². The van der Waals surface area contributed by atoms with E-state index in [1.54, 1.807) is 6.20 Å². The molecule has 1 aromatic heterocycles. The molecule has 3 heteroatoms. The third kappa shape index (κ3) is 3.72. The number of hydrogen-bond acceptors (Lipinski definition) is 3. The molecule has 1 heterocycles. The SMILES string of the molecule is O=CCc1cnc2ccccc2c1-c1cccc(OCc2ccccc2)c1. The zero-order valence-electron chi connectivity index (χ0n) is 14.8. The average molecular weight is 353 g/mol. The lowest BCUT2D eigenvalue weighted by molar-refractivity contribution is -0.107. The van der Waals surface area contributed by atoms with E-state index >= 15 is 0 Å². The van der Waals surface area contributed by atoms with E-state index < -0.39 is 0 Å². The van der Waals surface area contributed by atoms with Gasteiger partial charge in [-0.1, -0.05) is 60.7 Å². The number of para-hydroxylation sites is 1. The molecule has 3 nitrogen and oxygen atoms in total. The number of pyridine rings is 1. The summed E-state index contributed by atoms with van der Waals surface area (Å²) < 4.78 is 5.98. The third-order valence-corrected chi connectivity index (χ3v) is 4.53. The van der Waals surface area contributed by atoms with Crippen LogP contribution in [0.3, 0.4) is 0 Å². The van der Waals surface area contributed by atoms with Crippen LogP contribution in [0.1, 0.15) is 11.1 Å². The number of hydrogen-bond donors (Lipinski definition) is 0. The number of carbonyl (C=O) groups is 1. The van der Waals surface area contributed by atoms with E-state index in [2.05, 4.69) is 4.98 Å². The second-order valence-electron chi connectivity index (χ2n) is 6.35. The number of aldehydes is 1. The summed E-state index contributed by atoms with van der Waals surface area (Å²) in [5, 5.41) is 1.04. The molecule has 132 valence electrons. The summed E-state index contributed by atoms with van der Waals surface area (Å²) in [6, 6.07) is 26.1. The Morgan fingerprint density at radius 2 is 1.70 bits per heavy atom. The van der Waals surface area contributed by atoms with Gasteiger partial charge in [-0.25, -0.2) is 0 Å². The van der Waals surface area contributed by atoms with Crippen molar-refractivity contribution >= 4 is 17.2 Å². The van der Waals surface area contributed by atoms with E-state index in [1.165, 1.54) is 0 Å². The number of nitrogens with zero attached hydrogens (tertiary/aromatic N) is 1. The predicted octanol–water partition coefficient (Wildman–Crippen LogP) is 5.22. The van der Waals surface area contributed by atoms with Gasteiger partial charge in [-0.3, -0.25) is 4.98 Å². The fourth-order valence-corrected chi connectivity index (χ4v) is 3.25. The van der Waals surface area contributed by atoms with Gasteiger partial charge in [0.15, 0.2) is 0 Å². The smallest absolute Gasteiger partial charge is 0.124 e. The summed E-state index contributed by atoms with van der Waals surface area (Å²) in [5.41, 5.74) is 5.02. The van der Waals surface area contributed by atoms with E-state index in [4.69, 9.17) is 4.74 Å². The monoisotopic (exact) mass is 353 g/mol. The van der Waals surface area contributed by atoms with Gasteiger partial charge in [-0.15, -0.1) is 0 Å². The van der Waals surface area contributed by atoms with Gasteiger partial charge in [-0.05, 0) is 40.5 Å². The van der Waals surface area contributed by atoms with Crippen LogP contribution in [0.4, 0.5) is 0 Å². The molecule has 0 atom stereocenters. The van der Waals surface area contributed by atoms with Gasteiger partial charge in [0.1, 0.15) is 18.6 Å². The quantitative estimate of drug-likeness (QED) is 0.446. The molecule has 0 fully saturated rings. The molecule has 0 unspecified atom stereocenters. The highest BCUT2D eigenvalue weighted by Crippen LogP contribution is 2.33. The van der Waals surface area contributed by atoms with Gasteiger partial charge < -0.3 is 9.53 Å². The maximum Gasteiger partial charge on any atom is 0.124 e. The highest BCUT2D eigenvalue weighted by Gasteiger charge is 2.11. The molecule has 0 saturated carbocycles. The van der Waals surface area contributed by atoms with E-state index in [9.17, 15) is 4.79 Å². The maximum absolute atomic E-state index is 11.2. The van der Waals surface area contributed by atoms with Crippen molar-refractivity contribution in [2.24, 2.45) is 0 Å². The average Bonchev–Trinajstić information content (AvgIpc) is 2.73. The number of carbonyl (C=O) groups excluding carboxylic acids is 1. The van der Waals surface area contributed by atoms with E-state index in [1.807, 2.05) is 78.9 Å². The van der Waals surface area contributed by atoms with Crippen molar-refractivity contribution in [3.05, 3.63) is 96.2 Å². The third-order valence-electron chi connectivity index (χ3n) is 4.53. The van der Waals surface area contributed by atoms with Gasteiger partial charge in [-0.2, -0.15) is 0 Å². The zero-order valence-corrected chi connectivity index (χ0v) is 14.8. The molecule has 4 rings (SSSR count). The van der Waals surface area contributed by atoms with Gasteiger partial charge in [0.25, 0.3) is 0 Å². The number of rotatable bonds is 6. The van der Waals surface area contributed by atoms with Crippen LogP contribution in [0.5, 0.6) is 5.75 Å². The Hall–Kier alpha value is -3.46. The molecule has 3 aromatic carbocycles. The second kappa shape index (κ2) is 7.83. The normalized spacial score (nSPS) is 10.7. The summed E-state index contributed by atoms with van der Waals surface area (Å²) in [5.74, 6) is 0.800. The van der Waals surface area contributed by atoms with Crippen LogP contribution in [0.2, 0.25) is 0 Å². The predicted molar refractivity (Wildman–Crippen MR) is 108 cm³/mol. The Morgan fingerprint density at radius 3 is 2.56 bits per heavy atom. The minimum atomic E-state index is 0.336. The molecular weight excluding hydrogens is 334 g/mol. The number of aromatic nitrogens is 1. The molecule has 0 aliphatic carbocycles. The lowest BCUT2D eigenvalue weighted by atomic mass is 9.95. The topological polar surface area (TPSA) is 39.2 Å². The molecule has 0 N–H and O–H groups in total. The first-order valence-corrected chi connectivity index (χ1v) is 8.92. The van der Waals surface area contributed by atoms with Crippen LogP contribution in [0, 0.1) is 0 Å². The highest BCUT2D eigenvalue weighted by atomic mass is 16.5. The second-order valence-corrected chi connectivity index (χ2v) is 6.35. The molecule has 0 aliphatic rings. The first-order chi connectivity index (χ1) is 13.3. The van der Waals surface area contributed by atoms with Crippen molar-refractivity contribution in [2.45, 2.75) is 13.0 Å². The standard InChI is InChI=1S/C24H19NO2/c26-14-13-20-16-25-23-12-5-4-11-22(23)24(20)19-9-6-10-21(15-19)27-17-18-7-2-1-3-8-18/h1-12,14-16H,13,17H2. The first-order valence-electron chi connectivity index (χ1n) is 8.92. The van der Waals surface area contributed by atoms with Crippen LogP contribution in [0.25, 0.3) is 22.0 Å². The molecule has 0 radical (unpaired) electrons. The van der Waals surface area contributed by atoms with E-state index in [-0.39, 0.29) is 0 Å². The van der Waals surface area contributed by atoms with Crippen molar-refractivity contribution in [2.75, 3.05) is 0 Å². The fourth-order valence-electron chi connectivity index (χ4n) is 3.25. The van der Waals surface area contributed by atoms with Crippen molar-refractivity contribution in [1.82, 2.24) is 4.98 Å². The first kappa shape index (κ1) is 17.0. The fraction of sp³-hybridized carbons (Fsp3) is 0.0833. The van der Waals surface area contributed by atoms with Crippen molar-refractivity contribution < 1.29 is 9.53 Å². The molecule has 27 heavy (non-hydrogen) atoms. The summed E-state index contributed by atoms with van der Waals surface area (Å²) in [4.78, 5) is 15.7. The molecule has 0 spiro atoms. The summed E-state index contributed by atoms with van der Waals surface area (Å²) in [6.07, 6.45) is 3.05. The van der Waals surface area contributed by atoms with Crippen LogP contribution in [0.15, 0.2) is 85.1 Å². The highest BCUT2D eigenvalue weighted by molar-refractivity contribution is 5.96. The molecule has 0 amide bonds. The Kier molecular flexibility index (Phi) is 4.93. The minimum absolute atomic E-state index is 0.336. The van der Waals surface area contributed by atoms with Gasteiger partial charge in [0, 0.05) is 18.0 Å². The number of fused-ring (bicyclic) bond motifs is 1. The molecule has 0 saturated heterocycles. The summed E-state index contributed by atoms with van der Waals surface area (Å²) in [6.45, 7) is 0.516.